The molecule has 5 rings (SSSR count). The van der Waals surface area contributed by atoms with Gasteiger partial charge in [-0.3, -0.25) is 4.79 Å². The summed E-state index contributed by atoms with van der Waals surface area (Å²) in [5.41, 5.74) is 1.80. The van der Waals surface area contributed by atoms with E-state index in [9.17, 15) is 20.1 Å². The molecule has 17 heteroatoms. The number of anilines is 4. The number of aromatic nitrogens is 4. The van der Waals surface area contributed by atoms with Crippen molar-refractivity contribution in [1.29, 1.82) is 10.5 Å². The molecular formula is C27H31Cl2N11O4. The number of esters is 1. The highest BCUT2D eigenvalue weighted by molar-refractivity contribution is 6.36. The number of nitriles is 2. The SMILES string of the molecule is CCNc1nc(Nc2cc(C#N)cc(N3CCC(NC(=O)OC)C(OC(=O)C4CCCN4)C3)c2Cl)nn2c(C#N)cnc12.Cl. The molecule has 0 saturated carbocycles. The monoisotopic (exact) mass is 643 g/mol. The summed E-state index contributed by atoms with van der Waals surface area (Å²) in [5.74, 6) is 0.147. The first-order valence-electron chi connectivity index (χ1n) is 13.8. The van der Waals surface area contributed by atoms with Crippen LogP contribution in [-0.2, 0) is 14.3 Å². The predicted octanol–water partition coefficient (Wildman–Crippen LogP) is 2.72. The summed E-state index contributed by atoms with van der Waals surface area (Å²) in [6.07, 6.45) is 2.04. The number of fused-ring (bicyclic) bond motifs is 1. The van der Waals surface area contributed by atoms with E-state index in [1.165, 1.54) is 17.8 Å². The second kappa shape index (κ2) is 14.3. The van der Waals surface area contributed by atoms with E-state index in [2.05, 4.69) is 48.5 Å². The molecule has 3 atom stereocenters. The van der Waals surface area contributed by atoms with Crippen molar-refractivity contribution in [3.05, 3.63) is 34.6 Å². The summed E-state index contributed by atoms with van der Waals surface area (Å²) in [6.45, 7) is 3.83. The molecule has 0 aliphatic carbocycles. The zero-order valence-corrected chi connectivity index (χ0v) is 25.5. The minimum atomic E-state index is -0.708. The highest BCUT2D eigenvalue weighted by Crippen LogP contribution is 2.37. The van der Waals surface area contributed by atoms with E-state index >= 15 is 0 Å². The number of halogens is 2. The highest BCUT2D eigenvalue weighted by atomic mass is 35.5. The van der Waals surface area contributed by atoms with Crippen molar-refractivity contribution in [2.75, 3.05) is 48.8 Å². The van der Waals surface area contributed by atoms with Gasteiger partial charge in [0.25, 0.3) is 0 Å². The fourth-order valence-corrected chi connectivity index (χ4v) is 5.43. The summed E-state index contributed by atoms with van der Waals surface area (Å²) >= 11 is 6.91. The number of rotatable bonds is 8. The Labute approximate surface area is 264 Å². The average Bonchev–Trinajstić information content (AvgIpc) is 3.70. The number of nitrogens with zero attached hydrogens (tertiary/aromatic N) is 7. The van der Waals surface area contributed by atoms with E-state index in [1.54, 1.807) is 12.1 Å². The van der Waals surface area contributed by atoms with Gasteiger partial charge in [-0.25, -0.2) is 9.78 Å². The molecule has 4 heterocycles. The van der Waals surface area contributed by atoms with E-state index in [4.69, 9.17) is 21.1 Å². The van der Waals surface area contributed by atoms with E-state index in [0.29, 0.717) is 54.3 Å². The molecule has 3 unspecified atom stereocenters. The summed E-state index contributed by atoms with van der Waals surface area (Å²) in [7, 11) is 1.27. The van der Waals surface area contributed by atoms with Crippen molar-refractivity contribution in [2.24, 2.45) is 0 Å². The fourth-order valence-electron chi connectivity index (χ4n) is 5.16. The lowest BCUT2D eigenvalue weighted by molar-refractivity contribution is -0.152. The number of carbonyl (C=O) groups is 2. The number of benzene rings is 1. The Balaban J connectivity index is 0.00000442. The number of ether oxygens (including phenoxy) is 2. The zero-order valence-electron chi connectivity index (χ0n) is 24.0. The van der Waals surface area contributed by atoms with Crippen molar-refractivity contribution < 1.29 is 19.1 Å². The Morgan fingerprint density at radius 2 is 2.07 bits per heavy atom. The van der Waals surface area contributed by atoms with Crippen molar-refractivity contribution in [1.82, 2.24) is 30.2 Å². The molecule has 0 spiro atoms. The molecule has 0 bridgehead atoms. The molecule has 1 aromatic carbocycles. The number of piperidine rings is 1. The largest absolute Gasteiger partial charge is 0.457 e. The van der Waals surface area contributed by atoms with Crippen molar-refractivity contribution >= 4 is 64.9 Å². The summed E-state index contributed by atoms with van der Waals surface area (Å²) in [4.78, 5) is 35.6. The molecule has 4 N–H and O–H groups in total. The fraction of sp³-hybridized carbons (Fsp3) is 0.444. The zero-order chi connectivity index (χ0) is 30.5. The smallest absolute Gasteiger partial charge is 0.407 e. The number of hydrogen-bond donors (Lipinski definition) is 4. The van der Waals surface area contributed by atoms with Gasteiger partial charge in [0.1, 0.15) is 18.2 Å². The molecule has 2 aliphatic heterocycles. The molecule has 2 saturated heterocycles. The summed E-state index contributed by atoms with van der Waals surface area (Å²) in [5, 5.41) is 36.1. The van der Waals surface area contributed by atoms with Crippen molar-refractivity contribution in [3.63, 3.8) is 0 Å². The number of imidazole rings is 1. The Hall–Kier alpha value is -4.57. The van der Waals surface area contributed by atoms with Gasteiger partial charge in [-0.05, 0) is 44.9 Å². The lowest BCUT2D eigenvalue weighted by Gasteiger charge is -2.40. The first-order valence-corrected chi connectivity index (χ1v) is 14.2. The molecule has 3 aromatic rings. The van der Waals surface area contributed by atoms with Crippen LogP contribution in [-0.4, -0.2) is 83.1 Å². The Kier molecular flexibility index (Phi) is 10.5. The van der Waals surface area contributed by atoms with Crippen LogP contribution < -0.4 is 26.2 Å². The Bertz CT molecular complexity index is 1610. The van der Waals surface area contributed by atoms with Gasteiger partial charge >= 0.3 is 12.1 Å². The Morgan fingerprint density at radius 3 is 2.75 bits per heavy atom. The molecule has 232 valence electrons. The Morgan fingerprint density at radius 1 is 1.25 bits per heavy atom. The summed E-state index contributed by atoms with van der Waals surface area (Å²) in [6, 6.07) is 6.53. The first kappa shape index (κ1) is 32.3. The lowest BCUT2D eigenvalue weighted by Crippen LogP contribution is -2.56. The van der Waals surface area contributed by atoms with Gasteiger partial charge in [0.2, 0.25) is 5.95 Å². The molecule has 2 fully saturated rings. The van der Waals surface area contributed by atoms with E-state index in [0.717, 1.165) is 13.0 Å². The van der Waals surface area contributed by atoms with Crippen LogP contribution in [0, 0.1) is 22.7 Å². The standard InChI is InChI=1S/C27H30ClN11O4.ClH/c1-3-31-23-24-33-13-16(12-30)39(24)37-26(36-23)34-19-9-15(11-29)10-20(22(19)28)38-8-6-17(35-27(41)42-2)21(14-38)43-25(40)18-5-4-7-32-18;/h9-10,13,17-18,21,32H,3-8,14H2,1-2H3,(H,35,41)(H2,31,34,36,37);1H. The molecular weight excluding hydrogens is 613 g/mol. The minimum absolute atomic E-state index is 0. The van der Waals surface area contributed by atoms with Crippen LogP contribution in [0.25, 0.3) is 5.65 Å². The molecule has 2 aromatic heterocycles. The second-order valence-corrected chi connectivity index (χ2v) is 10.4. The molecule has 1 amide bonds. The van der Waals surface area contributed by atoms with Crippen LogP contribution in [0.1, 0.15) is 37.4 Å². The number of amides is 1. The normalized spacial score (nSPS) is 19.3. The van der Waals surface area contributed by atoms with Crippen LogP contribution in [0.2, 0.25) is 5.02 Å². The first-order chi connectivity index (χ1) is 20.8. The number of carbonyl (C=O) groups excluding carboxylic acids is 2. The second-order valence-electron chi connectivity index (χ2n) is 10.0. The van der Waals surface area contributed by atoms with Gasteiger partial charge < -0.3 is 35.6 Å². The average molecular weight is 645 g/mol. The van der Waals surface area contributed by atoms with Crippen LogP contribution >= 0.6 is 24.0 Å². The quantitative estimate of drug-likeness (QED) is 0.262. The van der Waals surface area contributed by atoms with Crippen LogP contribution in [0.3, 0.4) is 0 Å². The van der Waals surface area contributed by atoms with Crippen LogP contribution in [0.5, 0.6) is 0 Å². The number of methoxy groups -OCH3 is 1. The van der Waals surface area contributed by atoms with Gasteiger partial charge in [-0.2, -0.15) is 20.0 Å². The molecule has 15 nitrogen and oxygen atoms in total. The third kappa shape index (κ3) is 6.81. The van der Waals surface area contributed by atoms with Gasteiger partial charge in [0.05, 0.1) is 53.9 Å². The minimum Gasteiger partial charge on any atom is -0.457 e. The van der Waals surface area contributed by atoms with Crippen molar-refractivity contribution in [3.8, 4) is 12.1 Å². The third-order valence-electron chi connectivity index (χ3n) is 7.25. The third-order valence-corrected chi connectivity index (χ3v) is 7.65. The number of nitrogens with one attached hydrogen (secondary N) is 4. The van der Waals surface area contributed by atoms with E-state index < -0.39 is 24.3 Å². The van der Waals surface area contributed by atoms with Gasteiger partial charge in [-0.1, -0.05) is 11.6 Å². The maximum Gasteiger partial charge on any atom is 0.407 e. The van der Waals surface area contributed by atoms with Gasteiger partial charge in [-0.15, -0.1) is 17.5 Å². The predicted molar refractivity (Wildman–Crippen MR) is 163 cm³/mol. The van der Waals surface area contributed by atoms with Gasteiger partial charge in [0, 0.05) is 13.1 Å². The maximum absolute atomic E-state index is 12.9. The molecule has 0 radical (unpaired) electrons. The maximum atomic E-state index is 12.9. The van der Waals surface area contributed by atoms with Crippen LogP contribution in [0.15, 0.2) is 18.3 Å². The van der Waals surface area contributed by atoms with E-state index in [-0.39, 0.29) is 41.6 Å². The number of alkyl carbamates (subject to hydrolysis) is 1. The lowest BCUT2D eigenvalue weighted by atomic mass is 10.00. The number of hydrogen-bond acceptors (Lipinski definition) is 13. The highest BCUT2D eigenvalue weighted by Gasteiger charge is 2.36. The van der Waals surface area contributed by atoms with E-state index in [1.807, 2.05) is 11.8 Å². The molecule has 2 aliphatic rings. The topological polar surface area (TPSA) is 195 Å². The van der Waals surface area contributed by atoms with Gasteiger partial charge in [0.15, 0.2) is 17.2 Å². The molecule has 44 heavy (non-hydrogen) atoms. The van der Waals surface area contributed by atoms with Crippen LogP contribution in [0.4, 0.5) is 27.9 Å². The summed E-state index contributed by atoms with van der Waals surface area (Å²) < 4.78 is 12.0. The van der Waals surface area contributed by atoms with Crippen molar-refractivity contribution in [2.45, 2.75) is 44.4 Å².